The first-order valence-corrected chi connectivity index (χ1v) is 8.00. The third kappa shape index (κ3) is 2.07. The van der Waals surface area contributed by atoms with Gasteiger partial charge in [0.05, 0.1) is 17.6 Å². The second kappa shape index (κ2) is 5.16. The summed E-state index contributed by atoms with van der Waals surface area (Å²) in [6.07, 6.45) is 0.957. The van der Waals surface area contributed by atoms with Crippen LogP contribution in [-0.2, 0) is 23.9 Å². The number of carbonyl (C=O) groups is 3. The van der Waals surface area contributed by atoms with Crippen molar-refractivity contribution < 1.29 is 29.0 Å². The molecule has 23 heavy (non-hydrogen) atoms. The van der Waals surface area contributed by atoms with Gasteiger partial charge in [-0.05, 0) is 26.2 Å². The molecule has 2 saturated carbocycles. The second-order valence-corrected chi connectivity index (χ2v) is 7.08. The number of fused-ring (bicyclic) bond motifs is 3. The zero-order valence-electron chi connectivity index (χ0n) is 13.5. The molecule has 0 aromatic carbocycles. The Morgan fingerprint density at radius 3 is 2.78 bits per heavy atom. The molecule has 3 aliphatic rings. The zero-order chi connectivity index (χ0) is 17.0. The molecule has 0 unspecified atom stereocenters. The third-order valence-corrected chi connectivity index (χ3v) is 6.08. The number of ketones is 1. The van der Waals surface area contributed by atoms with E-state index in [0.29, 0.717) is 24.8 Å². The summed E-state index contributed by atoms with van der Waals surface area (Å²) in [6.45, 7) is 6.86. The van der Waals surface area contributed by atoms with Crippen molar-refractivity contribution in [1.29, 1.82) is 0 Å². The highest BCUT2D eigenvalue weighted by atomic mass is 16.6. The molecule has 0 bridgehead atoms. The SMILES string of the molecule is C=C1C(=O)O[C@@H]2[C@@H]1CC[C@H](COC(C)=O)[C@]1(O)CCC(=O)[C@@]21C. The second-order valence-electron chi connectivity index (χ2n) is 7.08. The summed E-state index contributed by atoms with van der Waals surface area (Å²) in [6, 6.07) is 0. The molecule has 0 radical (unpaired) electrons. The number of aliphatic hydroxyl groups is 1. The molecule has 0 amide bonds. The standard InChI is InChI=1S/C17H22O6/c1-9-12-5-4-11(8-22-10(2)18)17(21)7-6-13(19)16(17,3)14(12)23-15(9)20/h11-12,14,21H,1,4-8H2,2-3H3/t11-,12-,14-,16+,17-/m1/s1. The Hall–Kier alpha value is -1.69. The van der Waals surface area contributed by atoms with Crippen molar-refractivity contribution in [2.24, 2.45) is 17.3 Å². The molecule has 0 aromatic rings. The smallest absolute Gasteiger partial charge is 0.334 e. The van der Waals surface area contributed by atoms with Gasteiger partial charge in [0.25, 0.3) is 0 Å². The summed E-state index contributed by atoms with van der Waals surface area (Å²) in [5, 5.41) is 11.4. The molecule has 0 aromatic heterocycles. The van der Waals surface area contributed by atoms with Gasteiger partial charge in [0.1, 0.15) is 11.9 Å². The number of hydrogen-bond donors (Lipinski definition) is 1. The summed E-state index contributed by atoms with van der Waals surface area (Å²) in [5.74, 6) is -1.64. The molecule has 0 spiro atoms. The van der Waals surface area contributed by atoms with Gasteiger partial charge >= 0.3 is 11.9 Å². The summed E-state index contributed by atoms with van der Waals surface area (Å²) in [4.78, 5) is 35.7. The highest BCUT2D eigenvalue weighted by Gasteiger charge is 2.69. The van der Waals surface area contributed by atoms with Crippen LogP contribution in [0.1, 0.15) is 39.5 Å². The van der Waals surface area contributed by atoms with Crippen LogP contribution in [0.15, 0.2) is 12.2 Å². The molecule has 3 rings (SSSR count). The van der Waals surface area contributed by atoms with E-state index in [4.69, 9.17) is 9.47 Å². The van der Waals surface area contributed by atoms with Crippen LogP contribution in [0.4, 0.5) is 0 Å². The minimum absolute atomic E-state index is 0.0641. The lowest BCUT2D eigenvalue weighted by molar-refractivity contribution is -0.177. The first-order chi connectivity index (χ1) is 10.7. The molecule has 1 heterocycles. The van der Waals surface area contributed by atoms with Crippen molar-refractivity contribution >= 4 is 17.7 Å². The largest absolute Gasteiger partial charge is 0.465 e. The lowest BCUT2D eigenvalue weighted by Gasteiger charge is -2.44. The molecule has 126 valence electrons. The van der Waals surface area contributed by atoms with Crippen molar-refractivity contribution in [3.05, 3.63) is 12.2 Å². The van der Waals surface area contributed by atoms with E-state index in [-0.39, 0.29) is 30.6 Å². The van der Waals surface area contributed by atoms with E-state index in [1.807, 2.05) is 0 Å². The lowest BCUT2D eigenvalue weighted by atomic mass is 9.65. The minimum Gasteiger partial charge on any atom is -0.465 e. The maximum absolute atomic E-state index is 12.6. The van der Waals surface area contributed by atoms with Gasteiger partial charge in [0.15, 0.2) is 0 Å². The van der Waals surface area contributed by atoms with Crippen LogP contribution < -0.4 is 0 Å². The number of esters is 2. The van der Waals surface area contributed by atoms with Crippen LogP contribution in [0.5, 0.6) is 0 Å². The molecule has 5 atom stereocenters. The molecule has 1 aliphatic heterocycles. The highest BCUT2D eigenvalue weighted by Crippen LogP contribution is 2.58. The summed E-state index contributed by atoms with van der Waals surface area (Å²) in [7, 11) is 0. The van der Waals surface area contributed by atoms with Crippen molar-refractivity contribution in [3.63, 3.8) is 0 Å². The topological polar surface area (TPSA) is 89.9 Å². The van der Waals surface area contributed by atoms with Crippen molar-refractivity contribution in [2.45, 2.75) is 51.2 Å². The Bertz CT molecular complexity index is 596. The summed E-state index contributed by atoms with van der Waals surface area (Å²) in [5.41, 5.74) is -2.16. The van der Waals surface area contributed by atoms with Crippen LogP contribution in [0.3, 0.4) is 0 Å². The van der Waals surface area contributed by atoms with Gasteiger partial charge < -0.3 is 14.6 Å². The quantitative estimate of drug-likeness (QED) is 0.606. The Labute approximate surface area is 134 Å². The van der Waals surface area contributed by atoms with Crippen LogP contribution in [0, 0.1) is 17.3 Å². The molecular formula is C17H22O6. The van der Waals surface area contributed by atoms with E-state index in [1.165, 1.54) is 6.92 Å². The summed E-state index contributed by atoms with van der Waals surface area (Å²) >= 11 is 0. The average molecular weight is 322 g/mol. The van der Waals surface area contributed by atoms with E-state index in [1.54, 1.807) is 6.92 Å². The Kier molecular flexibility index (Phi) is 3.63. The average Bonchev–Trinajstić information content (AvgIpc) is 2.87. The Morgan fingerprint density at radius 1 is 1.43 bits per heavy atom. The minimum atomic E-state index is -1.34. The van der Waals surface area contributed by atoms with E-state index < -0.39 is 29.1 Å². The molecule has 3 fully saturated rings. The van der Waals surface area contributed by atoms with Gasteiger partial charge in [-0.3, -0.25) is 9.59 Å². The van der Waals surface area contributed by atoms with Crippen molar-refractivity contribution in [3.8, 4) is 0 Å². The van der Waals surface area contributed by atoms with Gasteiger partial charge in [-0.25, -0.2) is 4.79 Å². The molecule has 1 N–H and O–H groups in total. The van der Waals surface area contributed by atoms with Crippen LogP contribution in [0.25, 0.3) is 0 Å². The fraction of sp³-hybridized carbons (Fsp3) is 0.706. The highest BCUT2D eigenvalue weighted by molar-refractivity contribution is 5.94. The van der Waals surface area contributed by atoms with E-state index in [0.717, 1.165) is 0 Å². The van der Waals surface area contributed by atoms with Gasteiger partial charge in [-0.1, -0.05) is 6.58 Å². The van der Waals surface area contributed by atoms with Gasteiger partial charge in [-0.2, -0.15) is 0 Å². The fourth-order valence-electron chi connectivity index (χ4n) is 4.61. The van der Waals surface area contributed by atoms with Gasteiger partial charge in [-0.15, -0.1) is 0 Å². The number of hydrogen-bond acceptors (Lipinski definition) is 6. The van der Waals surface area contributed by atoms with Crippen LogP contribution >= 0.6 is 0 Å². The number of carbonyl (C=O) groups excluding carboxylic acids is 3. The predicted octanol–water partition coefficient (Wildman–Crippen LogP) is 1.16. The maximum atomic E-state index is 12.6. The Morgan fingerprint density at radius 2 is 2.13 bits per heavy atom. The zero-order valence-corrected chi connectivity index (χ0v) is 13.5. The normalized spacial score (nSPS) is 42.7. The first-order valence-electron chi connectivity index (χ1n) is 8.00. The van der Waals surface area contributed by atoms with Crippen molar-refractivity contribution in [1.82, 2.24) is 0 Å². The predicted molar refractivity (Wildman–Crippen MR) is 79.2 cm³/mol. The van der Waals surface area contributed by atoms with Gasteiger partial charge in [0, 0.05) is 30.8 Å². The fourth-order valence-corrected chi connectivity index (χ4v) is 4.61. The summed E-state index contributed by atoms with van der Waals surface area (Å²) < 4.78 is 10.6. The molecular weight excluding hydrogens is 300 g/mol. The van der Waals surface area contributed by atoms with E-state index in [9.17, 15) is 19.5 Å². The molecule has 1 saturated heterocycles. The molecule has 6 nitrogen and oxygen atoms in total. The van der Waals surface area contributed by atoms with E-state index >= 15 is 0 Å². The third-order valence-electron chi connectivity index (χ3n) is 6.08. The van der Waals surface area contributed by atoms with Crippen molar-refractivity contribution in [2.75, 3.05) is 6.61 Å². The lowest BCUT2D eigenvalue weighted by Crippen LogP contribution is -2.57. The first kappa shape index (κ1) is 16.2. The van der Waals surface area contributed by atoms with Crippen LogP contribution in [0.2, 0.25) is 0 Å². The number of Topliss-reactive ketones (excluding diaryl/α,β-unsaturated/α-hetero) is 1. The molecule has 6 heteroatoms. The monoisotopic (exact) mass is 322 g/mol. The number of rotatable bonds is 2. The Balaban J connectivity index is 2.02. The van der Waals surface area contributed by atoms with E-state index in [2.05, 4.69) is 6.58 Å². The van der Waals surface area contributed by atoms with Gasteiger partial charge in [0.2, 0.25) is 0 Å². The van der Waals surface area contributed by atoms with Crippen LogP contribution in [-0.4, -0.2) is 41.1 Å². The molecule has 2 aliphatic carbocycles. The number of ether oxygens (including phenoxy) is 2. The maximum Gasteiger partial charge on any atom is 0.334 e.